The van der Waals surface area contributed by atoms with Gasteiger partial charge in [0, 0.05) is 6.42 Å². The smallest absolute Gasteiger partial charge is 0.305 e. The van der Waals surface area contributed by atoms with E-state index in [1.807, 2.05) is 13.8 Å². The van der Waals surface area contributed by atoms with Gasteiger partial charge in [-0.25, -0.2) is 0 Å². The summed E-state index contributed by atoms with van der Waals surface area (Å²) in [5.74, 6) is 0.461. The van der Waals surface area contributed by atoms with Gasteiger partial charge in [0.15, 0.2) is 0 Å². The number of hydrogen-bond acceptors (Lipinski definition) is 3. The molecular formula is C16H30O3. The predicted octanol–water partition coefficient (Wildman–Crippen LogP) is 3.95. The third-order valence-corrected chi connectivity index (χ3v) is 4.04. The van der Waals surface area contributed by atoms with Gasteiger partial charge in [-0.15, -0.1) is 0 Å². The van der Waals surface area contributed by atoms with E-state index in [4.69, 9.17) is 9.47 Å². The molecule has 0 aliphatic heterocycles. The second-order valence-electron chi connectivity index (χ2n) is 7.26. The van der Waals surface area contributed by atoms with Crippen molar-refractivity contribution >= 4 is 5.97 Å². The molecule has 1 rings (SSSR count). The maximum atomic E-state index is 11.2. The standard InChI is InChI=1S/C16H30O3/c1-7-14(17)18-11-16(5,6)19-12(2)13-8-9-15(3,4)10-13/h12-13H,7-11H2,1-6H3. The number of rotatable bonds is 6. The van der Waals surface area contributed by atoms with E-state index < -0.39 is 5.60 Å². The molecular weight excluding hydrogens is 240 g/mol. The van der Waals surface area contributed by atoms with E-state index in [2.05, 4.69) is 20.8 Å². The molecule has 0 saturated heterocycles. The van der Waals surface area contributed by atoms with Gasteiger partial charge in [0.25, 0.3) is 0 Å². The average Bonchev–Trinajstić information content (AvgIpc) is 2.66. The molecule has 1 aliphatic rings. The van der Waals surface area contributed by atoms with Crippen LogP contribution in [0.2, 0.25) is 0 Å². The van der Waals surface area contributed by atoms with Crippen LogP contribution in [0.25, 0.3) is 0 Å². The summed E-state index contributed by atoms with van der Waals surface area (Å²) < 4.78 is 11.3. The van der Waals surface area contributed by atoms with E-state index in [0.29, 0.717) is 24.4 Å². The molecule has 112 valence electrons. The summed E-state index contributed by atoms with van der Waals surface area (Å²) >= 11 is 0. The Morgan fingerprint density at radius 3 is 2.53 bits per heavy atom. The van der Waals surface area contributed by atoms with Gasteiger partial charge < -0.3 is 9.47 Å². The molecule has 19 heavy (non-hydrogen) atoms. The molecule has 0 aromatic rings. The maximum absolute atomic E-state index is 11.2. The van der Waals surface area contributed by atoms with Crippen LogP contribution in [0, 0.1) is 11.3 Å². The van der Waals surface area contributed by atoms with E-state index >= 15 is 0 Å². The molecule has 0 bridgehead atoms. The van der Waals surface area contributed by atoms with Crippen LogP contribution in [-0.4, -0.2) is 24.3 Å². The zero-order chi connectivity index (χ0) is 14.7. The quantitative estimate of drug-likeness (QED) is 0.686. The van der Waals surface area contributed by atoms with Crippen LogP contribution < -0.4 is 0 Å². The highest BCUT2D eigenvalue weighted by Gasteiger charge is 2.36. The Bertz CT molecular complexity index is 307. The Hall–Kier alpha value is -0.570. The third kappa shape index (κ3) is 5.52. The van der Waals surface area contributed by atoms with Crippen molar-refractivity contribution in [2.45, 2.75) is 78.9 Å². The summed E-state index contributed by atoms with van der Waals surface area (Å²) in [7, 11) is 0. The molecule has 1 aliphatic carbocycles. The third-order valence-electron chi connectivity index (χ3n) is 4.04. The lowest BCUT2D eigenvalue weighted by molar-refractivity contribution is -0.159. The molecule has 3 nitrogen and oxygen atoms in total. The van der Waals surface area contributed by atoms with Crippen LogP contribution in [0.15, 0.2) is 0 Å². The highest BCUT2D eigenvalue weighted by Crippen LogP contribution is 2.43. The first-order valence-electron chi connectivity index (χ1n) is 7.49. The Balaban J connectivity index is 2.42. The summed E-state index contributed by atoms with van der Waals surface area (Å²) in [5.41, 5.74) is 0.0398. The summed E-state index contributed by atoms with van der Waals surface area (Å²) in [4.78, 5) is 11.2. The molecule has 0 amide bonds. The fourth-order valence-corrected chi connectivity index (χ4v) is 2.88. The first-order valence-corrected chi connectivity index (χ1v) is 7.49. The van der Waals surface area contributed by atoms with E-state index in [0.717, 1.165) is 0 Å². The van der Waals surface area contributed by atoms with Gasteiger partial charge in [-0.2, -0.15) is 0 Å². The molecule has 0 N–H and O–H groups in total. The Labute approximate surface area is 118 Å². The molecule has 0 aromatic carbocycles. The van der Waals surface area contributed by atoms with Crippen LogP contribution in [0.5, 0.6) is 0 Å². The van der Waals surface area contributed by atoms with Gasteiger partial charge in [-0.1, -0.05) is 20.8 Å². The summed E-state index contributed by atoms with van der Waals surface area (Å²) in [6.45, 7) is 12.9. The zero-order valence-corrected chi connectivity index (χ0v) is 13.4. The van der Waals surface area contributed by atoms with Crippen LogP contribution in [-0.2, 0) is 14.3 Å². The first-order chi connectivity index (χ1) is 8.65. The fourth-order valence-electron chi connectivity index (χ4n) is 2.88. The predicted molar refractivity (Wildman–Crippen MR) is 77.0 cm³/mol. The lowest BCUT2D eigenvalue weighted by atomic mass is 9.89. The number of carbonyl (C=O) groups excluding carboxylic acids is 1. The number of ether oxygens (including phenoxy) is 2. The average molecular weight is 270 g/mol. The number of carbonyl (C=O) groups is 1. The van der Waals surface area contributed by atoms with Gasteiger partial charge in [0.1, 0.15) is 6.61 Å². The van der Waals surface area contributed by atoms with Gasteiger partial charge in [0.05, 0.1) is 11.7 Å². The minimum absolute atomic E-state index is 0.161. The highest BCUT2D eigenvalue weighted by molar-refractivity contribution is 5.68. The van der Waals surface area contributed by atoms with Gasteiger partial charge in [0.2, 0.25) is 0 Å². The van der Waals surface area contributed by atoms with Gasteiger partial charge in [-0.05, 0) is 51.4 Å². The van der Waals surface area contributed by atoms with E-state index in [1.54, 1.807) is 6.92 Å². The van der Waals surface area contributed by atoms with Crippen LogP contribution in [0.3, 0.4) is 0 Å². The SMILES string of the molecule is CCC(=O)OCC(C)(C)OC(C)C1CCC(C)(C)C1. The molecule has 1 saturated carbocycles. The lowest BCUT2D eigenvalue weighted by Gasteiger charge is -2.32. The largest absolute Gasteiger partial charge is 0.463 e. The van der Waals surface area contributed by atoms with Crippen molar-refractivity contribution in [3.63, 3.8) is 0 Å². The number of hydrogen-bond donors (Lipinski definition) is 0. The molecule has 0 heterocycles. The minimum atomic E-state index is -0.406. The second-order valence-corrected chi connectivity index (χ2v) is 7.26. The molecule has 2 unspecified atom stereocenters. The monoisotopic (exact) mass is 270 g/mol. The van der Waals surface area contributed by atoms with Crippen molar-refractivity contribution in [1.82, 2.24) is 0 Å². The van der Waals surface area contributed by atoms with Crippen molar-refractivity contribution in [3.05, 3.63) is 0 Å². The minimum Gasteiger partial charge on any atom is -0.463 e. The van der Waals surface area contributed by atoms with E-state index in [1.165, 1.54) is 19.3 Å². The first kappa shape index (κ1) is 16.5. The second kappa shape index (κ2) is 6.25. The van der Waals surface area contributed by atoms with Crippen molar-refractivity contribution in [2.75, 3.05) is 6.61 Å². The summed E-state index contributed by atoms with van der Waals surface area (Å²) in [5, 5.41) is 0. The molecule has 0 radical (unpaired) electrons. The summed E-state index contributed by atoms with van der Waals surface area (Å²) in [6, 6.07) is 0. The van der Waals surface area contributed by atoms with Crippen LogP contribution in [0.1, 0.15) is 67.2 Å². The van der Waals surface area contributed by atoms with Crippen LogP contribution >= 0.6 is 0 Å². The van der Waals surface area contributed by atoms with E-state index in [-0.39, 0.29) is 12.1 Å². The molecule has 3 heteroatoms. The normalized spacial score (nSPS) is 24.2. The van der Waals surface area contributed by atoms with Gasteiger partial charge in [-0.3, -0.25) is 4.79 Å². The Morgan fingerprint density at radius 2 is 2.05 bits per heavy atom. The molecule has 0 aromatic heterocycles. The van der Waals surface area contributed by atoms with Crippen molar-refractivity contribution in [3.8, 4) is 0 Å². The van der Waals surface area contributed by atoms with Crippen molar-refractivity contribution in [1.29, 1.82) is 0 Å². The molecule has 2 atom stereocenters. The fraction of sp³-hybridized carbons (Fsp3) is 0.938. The van der Waals surface area contributed by atoms with Crippen molar-refractivity contribution in [2.24, 2.45) is 11.3 Å². The zero-order valence-electron chi connectivity index (χ0n) is 13.4. The Morgan fingerprint density at radius 1 is 1.42 bits per heavy atom. The lowest BCUT2D eigenvalue weighted by Crippen LogP contribution is -2.37. The maximum Gasteiger partial charge on any atom is 0.305 e. The van der Waals surface area contributed by atoms with Crippen LogP contribution in [0.4, 0.5) is 0 Å². The van der Waals surface area contributed by atoms with Crippen molar-refractivity contribution < 1.29 is 14.3 Å². The highest BCUT2D eigenvalue weighted by atomic mass is 16.6. The molecule has 1 fully saturated rings. The molecule has 0 spiro atoms. The Kier molecular flexibility index (Phi) is 5.43. The topological polar surface area (TPSA) is 35.5 Å². The number of esters is 1. The van der Waals surface area contributed by atoms with Gasteiger partial charge >= 0.3 is 5.97 Å². The van der Waals surface area contributed by atoms with E-state index in [9.17, 15) is 4.79 Å². The summed E-state index contributed by atoms with van der Waals surface area (Å²) in [6.07, 6.45) is 4.37.